The largest absolute Gasteiger partial charge is 0.481 e. The lowest BCUT2D eigenvalue weighted by Gasteiger charge is -2.18. The average Bonchev–Trinajstić information content (AvgIpc) is 3.29. The Morgan fingerprint density at radius 3 is 2.69 bits per heavy atom. The average molecular weight is 462 g/mol. The number of hydrogen-bond donors (Lipinski definition) is 3. The van der Waals surface area contributed by atoms with Crippen molar-refractivity contribution >= 4 is 40.1 Å². The SMILES string of the molecule is COc1cc2cc(-c3c(Cl)nc(N(C)C)nc3NC3CC(CO)C(O)C3=O)oc2c(C)n1. The number of halogens is 1. The van der Waals surface area contributed by atoms with E-state index in [1.807, 2.05) is 0 Å². The summed E-state index contributed by atoms with van der Waals surface area (Å²) in [7, 11) is 5.07. The Labute approximate surface area is 189 Å². The number of anilines is 2. The van der Waals surface area contributed by atoms with Crippen molar-refractivity contribution in [2.24, 2.45) is 5.92 Å². The molecule has 0 bridgehead atoms. The number of nitrogens with zero attached hydrogens (tertiary/aromatic N) is 4. The minimum absolute atomic E-state index is 0.132. The summed E-state index contributed by atoms with van der Waals surface area (Å²) in [6.07, 6.45) is -0.978. The van der Waals surface area contributed by atoms with Crippen LogP contribution in [0.1, 0.15) is 12.1 Å². The van der Waals surface area contributed by atoms with Crippen molar-refractivity contribution in [1.82, 2.24) is 15.0 Å². The monoisotopic (exact) mass is 461 g/mol. The first-order chi connectivity index (χ1) is 15.2. The number of ether oxygens (including phenoxy) is 1. The third-order valence-electron chi connectivity index (χ3n) is 5.52. The van der Waals surface area contributed by atoms with Crippen LogP contribution < -0.4 is 15.0 Å². The molecule has 10 nitrogen and oxygen atoms in total. The van der Waals surface area contributed by atoms with Crippen LogP contribution in [0.2, 0.25) is 5.15 Å². The molecule has 4 rings (SSSR count). The van der Waals surface area contributed by atoms with Crippen molar-refractivity contribution in [1.29, 1.82) is 0 Å². The summed E-state index contributed by atoms with van der Waals surface area (Å²) in [6, 6.07) is 2.78. The number of hydrogen-bond acceptors (Lipinski definition) is 10. The van der Waals surface area contributed by atoms with Crippen molar-refractivity contribution in [3.8, 4) is 17.2 Å². The van der Waals surface area contributed by atoms with Gasteiger partial charge < -0.3 is 29.6 Å². The zero-order valence-corrected chi connectivity index (χ0v) is 18.8. The van der Waals surface area contributed by atoms with E-state index in [-0.39, 0.29) is 24.0 Å². The number of nitrogens with one attached hydrogen (secondary N) is 1. The van der Waals surface area contributed by atoms with Crippen LogP contribution in [0.3, 0.4) is 0 Å². The number of aromatic nitrogens is 3. The second-order valence-electron chi connectivity index (χ2n) is 7.93. The zero-order valence-electron chi connectivity index (χ0n) is 18.1. The lowest BCUT2D eigenvalue weighted by Crippen LogP contribution is -2.31. The summed E-state index contributed by atoms with van der Waals surface area (Å²) in [5.41, 5.74) is 1.58. The quantitative estimate of drug-likeness (QED) is 0.468. The summed E-state index contributed by atoms with van der Waals surface area (Å²) in [6.45, 7) is 1.52. The van der Waals surface area contributed by atoms with Gasteiger partial charge in [-0.3, -0.25) is 4.79 Å². The van der Waals surface area contributed by atoms with Gasteiger partial charge in [-0.25, -0.2) is 9.97 Å². The Morgan fingerprint density at radius 1 is 1.31 bits per heavy atom. The molecule has 1 aliphatic rings. The van der Waals surface area contributed by atoms with Crippen LogP contribution in [0, 0.1) is 12.8 Å². The lowest BCUT2D eigenvalue weighted by atomic mass is 10.1. The van der Waals surface area contributed by atoms with Gasteiger partial charge in [0.2, 0.25) is 11.8 Å². The highest BCUT2D eigenvalue weighted by Gasteiger charge is 2.41. The Morgan fingerprint density at radius 2 is 2.06 bits per heavy atom. The molecule has 1 aliphatic carbocycles. The highest BCUT2D eigenvalue weighted by Crippen LogP contribution is 2.39. The molecule has 1 saturated carbocycles. The van der Waals surface area contributed by atoms with E-state index in [0.717, 1.165) is 5.39 Å². The number of pyridine rings is 1. The van der Waals surface area contributed by atoms with Crippen LogP contribution >= 0.6 is 11.6 Å². The predicted molar refractivity (Wildman–Crippen MR) is 119 cm³/mol. The molecule has 3 unspecified atom stereocenters. The molecule has 3 atom stereocenters. The van der Waals surface area contributed by atoms with Crippen molar-refractivity contribution in [2.75, 3.05) is 38.0 Å². The van der Waals surface area contributed by atoms with E-state index in [2.05, 4.69) is 20.3 Å². The molecule has 0 saturated heterocycles. The van der Waals surface area contributed by atoms with Gasteiger partial charge in [-0.05, 0) is 19.4 Å². The number of methoxy groups -OCH3 is 1. The van der Waals surface area contributed by atoms with Crippen molar-refractivity contribution in [3.63, 3.8) is 0 Å². The van der Waals surface area contributed by atoms with E-state index >= 15 is 0 Å². The number of carbonyl (C=O) groups is 1. The zero-order chi connectivity index (χ0) is 23.2. The summed E-state index contributed by atoms with van der Waals surface area (Å²) < 4.78 is 11.3. The molecule has 0 aromatic carbocycles. The van der Waals surface area contributed by atoms with Gasteiger partial charge in [0.15, 0.2) is 11.4 Å². The van der Waals surface area contributed by atoms with Crippen molar-refractivity contribution < 1.29 is 24.2 Å². The number of fused-ring (bicyclic) bond motifs is 1. The van der Waals surface area contributed by atoms with Gasteiger partial charge in [0, 0.05) is 38.1 Å². The van der Waals surface area contributed by atoms with Gasteiger partial charge in [0.25, 0.3) is 0 Å². The van der Waals surface area contributed by atoms with Gasteiger partial charge >= 0.3 is 0 Å². The molecular weight excluding hydrogens is 438 g/mol. The summed E-state index contributed by atoms with van der Waals surface area (Å²) in [5.74, 6) is 0.510. The summed E-state index contributed by atoms with van der Waals surface area (Å²) in [5, 5.41) is 23.5. The number of aryl methyl sites for hydroxylation is 1. The van der Waals surface area contributed by atoms with Crippen LogP contribution in [-0.2, 0) is 4.79 Å². The first kappa shape index (κ1) is 22.3. The topological polar surface area (TPSA) is 134 Å². The number of Topliss-reactive ketones (excluding diaryl/α,β-unsaturated/α-hetero) is 1. The van der Waals surface area contributed by atoms with Gasteiger partial charge in [-0.2, -0.15) is 4.98 Å². The van der Waals surface area contributed by atoms with Gasteiger partial charge in [-0.1, -0.05) is 11.6 Å². The maximum absolute atomic E-state index is 12.5. The van der Waals surface area contributed by atoms with E-state index < -0.39 is 23.8 Å². The number of aliphatic hydroxyl groups excluding tert-OH is 2. The molecule has 0 amide bonds. The van der Waals surface area contributed by atoms with E-state index in [1.165, 1.54) is 7.11 Å². The highest BCUT2D eigenvalue weighted by atomic mass is 35.5. The highest BCUT2D eigenvalue weighted by molar-refractivity contribution is 6.32. The number of carbonyl (C=O) groups excluding carboxylic acids is 1. The van der Waals surface area contributed by atoms with Crippen molar-refractivity contribution in [2.45, 2.75) is 25.5 Å². The minimum atomic E-state index is -1.24. The van der Waals surface area contributed by atoms with Crippen LogP contribution in [0.5, 0.6) is 5.88 Å². The van der Waals surface area contributed by atoms with E-state index in [0.29, 0.717) is 34.4 Å². The molecular formula is C21H24ClN5O5. The van der Waals surface area contributed by atoms with Crippen LogP contribution in [0.4, 0.5) is 11.8 Å². The summed E-state index contributed by atoms with van der Waals surface area (Å²) in [4.78, 5) is 27.4. The number of aliphatic hydroxyl groups is 2. The van der Waals surface area contributed by atoms with Crippen LogP contribution in [0.25, 0.3) is 22.3 Å². The Kier molecular flexibility index (Phi) is 5.93. The fourth-order valence-electron chi connectivity index (χ4n) is 3.81. The molecule has 0 radical (unpaired) electrons. The smallest absolute Gasteiger partial charge is 0.228 e. The van der Waals surface area contributed by atoms with Gasteiger partial charge in [0.1, 0.15) is 22.8 Å². The first-order valence-corrected chi connectivity index (χ1v) is 10.4. The molecule has 3 aromatic rings. The summed E-state index contributed by atoms with van der Waals surface area (Å²) >= 11 is 6.55. The molecule has 0 aliphatic heterocycles. The van der Waals surface area contributed by atoms with Gasteiger partial charge in [0.05, 0.1) is 24.4 Å². The second kappa shape index (κ2) is 8.53. The third-order valence-corrected chi connectivity index (χ3v) is 5.79. The fraction of sp³-hybridized carbons (Fsp3) is 0.429. The molecule has 11 heteroatoms. The van der Waals surface area contributed by atoms with E-state index in [9.17, 15) is 15.0 Å². The Hall–Kier alpha value is -2.95. The standard InChI is InChI=1S/C21H24ClN5O5/c1-9-18-10(7-14(23-9)31-4)6-13(32-18)15-19(22)25-21(27(2)3)26-20(15)24-12-5-11(8-28)16(29)17(12)30/h6-7,11-12,16,28-29H,5,8H2,1-4H3,(H,24,25,26). The first-order valence-electron chi connectivity index (χ1n) is 10.0. The predicted octanol–water partition coefficient (Wildman–Crippen LogP) is 2.04. The van der Waals surface area contributed by atoms with Crippen LogP contribution in [-0.4, -0.2) is 70.9 Å². The Balaban J connectivity index is 1.83. The molecule has 1 fully saturated rings. The maximum Gasteiger partial charge on any atom is 0.228 e. The molecule has 3 aromatic heterocycles. The Bertz CT molecular complexity index is 1180. The number of rotatable bonds is 6. The number of ketones is 1. The van der Waals surface area contributed by atoms with E-state index in [4.69, 9.17) is 20.8 Å². The molecule has 0 spiro atoms. The molecule has 3 N–H and O–H groups in total. The van der Waals surface area contributed by atoms with E-state index in [1.54, 1.807) is 38.1 Å². The maximum atomic E-state index is 12.5. The minimum Gasteiger partial charge on any atom is -0.481 e. The molecule has 32 heavy (non-hydrogen) atoms. The molecule has 170 valence electrons. The second-order valence-corrected chi connectivity index (χ2v) is 8.29. The lowest BCUT2D eigenvalue weighted by molar-refractivity contribution is -0.126. The molecule has 3 heterocycles. The fourth-order valence-corrected chi connectivity index (χ4v) is 4.06. The number of furan rings is 1. The normalized spacial score (nSPS) is 20.7. The van der Waals surface area contributed by atoms with Gasteiger partial charge in [-0.15, -0.1) is 0 Å². The van der Waals surface area contributed by atoms with Crippen LogP contribution in [0.15, 0.2) is 16.5 Å². The third kappa shape index (κ3) is 3.85. The van der Waals surface area contributed by atoms with Crippen molar-refractivity contribution in [3.05, 3.63) is 23.0 Å².